The lowest BCUT2D eigenvalue weighted by Crippen LogP contribution is -2.42. The van der Waals surface area contributed by atoms with Crippen LogP contribution in [0.3, 0.4) is 0 Å². The highest BCUT2D eigenvalue weighted by Crippen LogP contribution is 2.23. The number of methoxy groups -OCH3 is 3. The van der Waals surface area contributed by atoms with Gasteiger partial charge in [0.05, 0.1) is 12.8 Å². The summed E-state index contributed by atoms with van der Waals surface area (Å²) in [5.74, 6) is -0.102. The summed E-state index contributed by atoms with van der Waals surface area (Å²) in [6.45, 7) is 4.09. The lowest BCUT2D eigenvalue weighted by atomic mass is 10.1. The first kappa shape index (κ1) is 22.4. The molecule has 0 aromatic heterocycles. The third-order valence-electron chi connectivity index (χ3n) is 4.28. The number of esters is 1. The van der Waals surface area contributed by atoms with Crippen molar-refractivity contribution >= 4 is 11.7 Å². The van der Waals surface area contributed by atoms with E-state index in [0.717, 1.165) is 16.7 Å². The molecule has 0 spiro atoms. The average Bonchev–Trinajstić information content (AvgIpc) is 2.75. The van der Waals surface area contributed by atoms with Crippen LogP contribution in [-0.4, -0.2) is 45.4 Å². The first-order chi connectivity index (χ1) is 14.0. The van der Waals surface area contributed by atoms with Crippen LogP contribution in [0.5, 0.6) is 5.75 Å². The molecule has 2 aromatic carbocycles. The lowest BCUT2D eigenvalue weighted by Gasteiger charge is -2.24. The minimum Gasteiger partial charge on any atom is -0.473 e. The average molecular weight is 401 g/mol. The largest absolute Gasteiger partial charge is 0.473 e. The van der Waals surface area contributed by atoms with Crippen molar-refractivity contribution in [3.8, 4) is 5.75 Å². The second kappa shape index (κ2) is 11.2. The third-order valence-corrected chi connectivity index (χ3v) is 4.28. The Labute approximate surface area is 171 Å². The number of carbonyl (C=O) groups is 1. The van der Waals surface area contributed by atoms with Crippen LogP contribution in [0.25, 0.3) is 0 Å². The highest BCUT2D eigenvalue weighted by atomic mass is 16.7. The molecule has 156 valence electrons. The van der Waals surface area contributed by atoms with Gasteiger partial charge in [-0.3, -0.25) is 0 Å². The van der Waals surface area contributed by atoms with Crippen LogP contribution < -0.4 is 4.74 Å². The number of hydrogen-bond donors (Lipinski definition) is 0. The molecule has 1 unspecified atom stereocenters. The highest BCUT2D eigenvalue weighted by Gasteiger charge is 2.32. The summed E-state index contributed by atoms with van der Waals surface area (Å²) in [6.07, 6.45) is -1.98. The Bertz CT molecular complexity index is 817. The Kier molecular flexibility index (Phi) is 8.64. The van der Waals surface area contributed by atoms with E-state index in [1.54, 1.807) is 6.07 Å². The van der Waals surface area contributed by atoms with Gasteiger partial charge < -0.3 is 23.8 Å². The molecule has 0 heterocycles. The molecule has 7 heteroatoms. The van der Waals surface area contributed by atoms with E-state index >= 15 is 0 Å². The van der Waals surface area contributed by atoms with Gasteiger partial charge in [0.25, 0.3) is 0 Å². The summed E-state index contributed by atoms with van der Waals surface area (Å²) in [5, 5.41) is 4.18. The Morgan fingerprint density at radius 1 is 1.03 bits per heavy atom. The van der Waals surface area contributed by atoms with Gasteiger partial charge in [0.1, 0.15) is 12.4 Å². The number of carbonyl (C=O) groups excluding carboxylic acids is 1. The summed E-state index contributed by atoms with van der Waals surface area (Å²) < 4.78 is 21.1. The van der Waals surface area contributed by atoms with E-state index in [2.05, 4.69) is 5.16 Å². The van der Waals surface area contributed by atoms with E-state index in [1.165, 1.54) is 21.3 Å². The number of oxime groups is 1. The maximum atomic E-state index is 12.1. The van der Waals surface area contributed by atoms with Crippen molar-refractivity contribution in [1.29, 1.82) is 0 Å². The monoisotopic (exact) mass is 401 g/mol. The Hall–Kier alpha value is -2.90. The van der Waals surface area contributed by atoms with Crippen molar-refractivity contribution in [3.63, 3.8) is 0 Å². The van der Waals surface area contributed by atoms with Crippen molar-refractivity contribution in [2.24, 2.45) is 5.16 Å². The molecule has 7 nitrogen and oxygen atoms in total. The molecule has 1 atom stereocenters. The Morgan fingerprint density at radius 3 is 2.34 bits per heavy atom. The molecule has 2 rings (SSSR count). The van der Waals surface area contributed by atoms with E-state index in [4.69, 9.17) is 23.8 Å². The summed E-state index contributed by atoms with van der Waals surface area (Å²) in [5.41, 5.74) is 3.35. The topological polar surface area (TPSA) is 75.6 Å². The van der Waals surface area contributed by atoms with Crippen LogP contribution in [0, 0.1) is 6.92 Å². The molecule has 0 amide bonds. The fourth-order valence-corrected chi connectivity index (χ4v) is 2.59. The van der Waals surface area contributed by atoms with Crippen molar-refractivity contribution in [2.45, 2.75) is 32.8 Å². The van der Waals surface area contributed by atoms with E-state index in [-0.39, 0.29) is 0 Å². The fraction of sp³-hybridized carbons (Fsp3) is 0.364. The van der Waals surface area contributed by atoms with Crippen LogP contribution in [0.4, 0.5) is 0 Å². The number of ether oxygens (including phenoxy) is 4. The first-order valence-electron chi connectivity index (χ1n) is 9.11. The summed E-state index contributed by atoms with van der Waals surface area (Å²) >= 11 is 0. The molecule has 0 N–H and O–H groups in total. The van der Waals surface area contributed by atoms with Crippen molar-refractivity contribution in [3.05, 3.63) is 65.2 Å². The number of aryl methyl sites for hydroxylation is 1. The maximum absolute atomic E-state index is 12.1. The smallest absolute Gasteiger partial charge is 0.352 e. The summed E-state index contributed by atoms with van der Waals surface area (Å²) in [4.78, 5) is 17.6. The molecule has 2 aromatic rings. The zero-order valence-electron chi connectivity index (χ0n) is 17.4. The second-order valence-electron chi connectivity index (χ2n) is 6.32. The quantitative estimate of drug-likeness (QED) is 0.263. The zero-order valence-corrected chi connectivity index (χ0v) is 17.4. The molecular weight excluding hydrogens is 374 g/mol. The molecule has 0 saturated carbocycles. The van der Waals surface area contributed by atoms with Crippen LogP contribution in [0.15, 0.2) is 53.7 Å². The molecule has 0 saturated heterocycles. The maximum Gasteiger partial charge on any atom is 0.352 e. The molecule has 29 heavy (non-hydrogen) atoms. The van der Waals surface area contributed by atoms with E-state index in [1.807, 2.05) is 56.3 Å². The van der Waals surface area contributed by atoms with E-state index in [0.29, 0.717) is 18.1 Å². The second-order valence-corrected chi connectivity index (χ2v) is 6.32. The standard InChI is InChI=1S/C22H27NO6/c1-15-11-12-18(16(2)23-28-14-17-9-7-6-8-10-17)13-19(15)29-20(21(24)25-3)22(26-4)27-5/h6-13,20,22H,14H2,1-5H3. The number of nitrogens with zero attached hydrogens (tertiary/aromatic N) is 1. The van der Waals surface area contributed by atoms with E-state index < -0.39 is 18.4 Å². The molecular formula is C22H27NO6. The molecule has 0 aliphatic rings. The van der Waals surface area contributed by atoms with Gasteiger partial charge >= 0.3 is 5.97 Å². The predicted octanol–water partition coefficient (Wildman–Crippen LogP) is 3.48. The van der Waals surface area contributed by atoms with Gasteiger partial charge in [0.2, 0.25) is 12.4 Å². The fourth-order valence-electron chi connectivity index (χ4n) is 2.59. The van der Waals surface area contributed by atoms with Gasteiger partial charge in [-0.15, -0.1) is 0 Å². The van der Waals surface area contributed by atoms with Crippen molar-refractivity contribution in [2.75, 3.05) is 21.3 Å². The third kappa shape index (κ3) is 6.30. The molecule has 0 aliphatic heterocycles. The SMILES string of the molecule is COC(=O)C(Oc1cc(C(C)=NOCc2ccccc2)ccc1C)C(OC)OC. The number of hydrogen-bond acceptors (Lipinski definition) is 7. The number of benzene rings is 2. The molecule has 0 fully saturated rings. The van der Waals surface area contributed by atoms with Gasteiger partial charge in [0.15, 0.2) is 0 Å². The van der Waals surface area contributed by atoms with Crippen molar-refractivity contribution < 1.29 is 28.6 Å². The Morgan fingerprint density at radius 2 is 1.72 bits per heavy atom. The molecule has 0 radical (unpaired) electrons. The van der Waals surface area contributed by atoms with Gasteiger partial charge in [-0.25, -0.2) is 4.79 Å². The van der Waals surface area contributed by atoms with Crippen molar-refractivity contribution in [1.82, 2.24) is 0 Å². The van der Waals surface area contributed by atoms with Crippen LogP contribution in [0.1, 0.15) is 23.6 Å². The van der Waals surface area contributed by atoms with Gasteiger partial charge in [-0.2, -0.15) is 0 Å². The highest BCUT2D eigenvalue weighted by molar-refractivity contribution is 5.98. The summed E-state index contributed by atoms with van der Waals surface area (Å²) in [6, 6.07) is 15.4. The van der Waals surface area contributed by atoms with Crippen LogP contribution in [-0.2, 0) is 30.4 Å². The Balaban J connectivity index is 2.16. The summed E-state index contributed by atoms with van der Waals surface area (Å²) in [7, 11) is 4.14. The first-order valence-corrected chi connectivity index (χ1v) is 9.11. The number of rotatable bonds is 10. The van der Waals surface area contributed by atoms with E-state index in [9.17, 15) is 4.79 Å². The molecule has 0 bridgehead atoms. The lowest BCUT2D eigenvalue weighted by molar-refractivity contribution is -0.185. The minimum absolute atomic E-state index is 0.376. The van der Waals surface area contributed by atoms with Gasteiger partial charge in [-0.1, -0.05) is 47.6 Å². The van der Waals surface area contributed by atoms with Crippen LogP contribution in [0.2, 0.25) is 0 Å². The normalized spacial score (nSPS) is 12.6. The van der Waals surface area contributed by atoms with Gasteiger partial charge in [0, 0.05) is 19.8 Å². The predicted molar refractivity (Wildman–Crippen MR) is 109 cm³/mol. The minimum atomic E-state index is -1.07. The zero-order chi connectivity index (χ0) is 21.2. The van der Waals surface area contributed by atoms with Gasteiger partial charge in [-0.05, 0) is 31.0 Å². The molecule has 0 aliphatic carbocycles. The van der Waals surface area contributed by atoms with Crippen LogP contribution >= 0.6 is 0 Å².